The maximum Gasteiger partial charge on any atom is 0.237 e. The molecule has 1 aromatic rings. The van der Waals surface area contributed by atoms with Gasteiger partial charge in [-0.2, -0.15) is 0 Å². The third kappa shape index (κ3) is 3.33. The molecule has 0 bridgehead atoms. The van der Waals surface area contributed by atoms with E-state index in [4.69, 9.17) is 11.6 Å². The Morgan fingerprint density at radius 3 is 2.70 bits per heavy atom. The molecule has 0 aromatic heterocycles. The Balaban J connectivity index is 1.44. The molecule has 0 saturated heterocycles. The van der Waals surface area contributed by atoms with E-state index in [9.17, 15) is 4.79 Å². The summed E-state index contributed by atoms with van der Waals surface area (Å²) in [7, 11) is 0. The number of hydrogen-bond donors (Lipinski definition) is 2. The lowest BCUT2D eigenvalue weighted by atomic mass is 9.75. The quantitative estimate of drug-likeness (QED) is 0.876. The molecular weight excluding hydrogens is 272 g/mol. The first-order valence-electron chi connectivity index (χ1n) is 7.43. The summed E-state index contributed by atoms with van der Waals surface area (Å²) in [6.07, 6.45) is 4.44. The van der Waals surface area contributed by atoms with Crippen LogP contribution in [0.2, 0.25) is 5.02 Å². The van der Waals surface area contributed by atoms with Gasteiger partial charge in [-0.15, -0.1) is 0 Å². The van der Waals surface area contributed by atoms with Crippen LogP contribution in [-0.4, -0.2) is 24.0 Å². The first kappa shape index (κ1) is 13.9. The van der Waals surface area contributed by atoms with Crippen molar-refractivity contribution in [2.45, 2.75) is 56.7 Å². The van der Waals surface area contributed by atoms with Crippen molar-refractivity contribution in [1.82, 2.24) is 10.6 Å². The Labute approximate surface area is 125 Å². The molecule has 1 amide bonds. The number of carbonyl (C=O) groups is 1. The molecule has 2 aliphatic rings. The molecule has 20 heavy (non-hydrogen) atoms. The van der Waals surface area contributed by atoms with Gasteiger partial charge in [0.05, 0.1) is 6.04 Å². The predicted molar refractivity (Wildman–Crippen MR) is 81.0 cm³/mol. The molecule has 0 heterocycles. The highest BCUT2D eigenvalue weighted by Crippen LogP contribution is 2.37. The van der Waals surface area contributed by atoms with Gasteiger partial charge in [0.1, 0.15) is 0 Å². The van der Waals surface area contributed by atoms with Crippen molar-refractivity contribution >= 4 is 17.5 Å². The van der Waals surface area contributed by atoms with Crippen molar-refractivity contribution in [2.75, 3.05) is 0 Å². The molecule has 4 heteroatoms. The lowest BCUT2D eigenvalue weighted by Crippen LogP contribution is -2.51. The Morgan fingerprint density at radius 1 is 1.30 bits per heavy atom. The molecule has 1 aromatic carbocycles. The summed E-state index contributed by atoms with van der Waals surface area (Å²) in [6.45, 7) is 1.95. The minimum Gasteiger partial charge on any atom is -0.352 e. The molecular formula is C16H21ClN2O. The van der Waals surface area contributed by atoms with E-state index in [-0.39, 0.29) is 11.9 Å². The average Bonchev–Trinajstić information content (AvgIpc) is 3.16. The van der Waals surface area contributed by atoms with Crippen molar-refractivity contribution in [1.29, 1.82) is 0 Å². The van der Waals surface area contributed by atoms with E-state index in [0.717, 1.165) is 30.7 Å². The van der Waals surface area contributed by atoms with Crippen molar-refractivity contribution in [3.8, 4) is 0 Å². The monoisotopic (exact) mass is 292 g/mol. The van der Waals surface area contributed by atoms with Crippen molar-refractivity contribution in [3.05, 3.63) is 34.9 Å². The Kier molecular flexibility index (Phi) is 3.99. The van der Waals surface area contributed by atoms with Gasteiger partial charge < -0.3 is 10.6 Å². The normalized spacial score (nSPS) is 26.7. The van der Waals surface area contributed by atoms with E-state index >= 15 is 0 Å². The zero-order chi connectivity index (χ0) is 14.1. The van der Waals surface area contributed by atoms with Gasteiger partial charge in [0.15, 0.2) is 0 Å². The highest BCUT2D eigenvalue weighted by Gasteiger charge is 2.33. The van der Waals surface area contributed by atoms with Crippen LogP contribution in [0.5, 0.6) is 0 Å². The van der Waals surface area contributed by atoms with E-state index in [1.54, 1.807) is 0 Å². The smallest absolute Gasteiger partial charge is 0.237 e. The maximum atomic E-state index is 11.9. The number of nitrogens with one attached hydrogen (secondary N) is 2. The van der Waals surface area contributed by atoms with Gasteiger partial charge >= 0.3 is 0 Å². The van der Waals surface area contributed by atoms with Crippen LogP contribution in [0.25, 0.3) is 0 Å². The molecule has 0 radical (unpaired) electrons. The summed E-state index contributed by atoms with van der Waals surface area (Å²) >= 11 is 6.02. The van der Waals surface area contributed by atoms with Crippen molar-refractivity contribution < 1.29 is 4.79 Å². The Morgan fingerprint density at radius 2 is 2.05 bits per heavy atom. The number of amides is 1. The zero-order valence-electron chi connectivity index (χ0n) is 11.7. The first-order valence-corrected chi connectivity index (χ1v) is 7.81. The third-order valence-electron chi connectivity index (χ3n) is 4.26. The highest BCUT2D eigenvalue weighted by molar-refractivity contribution is 6.30. The number of hydrogen-bond acceptors (Lipinski definition) is 2. The van der Waals surface area contributed by atoms with E-state index < -0.39 is 0 Å². The lowest BCUT2D eigenvalue weighted by molar-refractivity contribution is -0.123. The second kappa shape index (κ2) is 5.74. The van der Waals surface area contributed by atoms with Crippen LogP contribution in [0.3, 0.4) is 0 Å². The molecule has 2 N–H and O–H groups in total. The van der Waals surface area contributed by atoms with E-state index in [0.29, 0.717) is 18.0 Å². The SMILES string of the molecule is CC(NC1CC(c2cccc(Cl)c2)C1)C(=O)NC1CC1. The molecule has 0 aliphatic heterocycles. The van der Waals surface area contributed by atoms with Gasteiger partial charge in [0.2, 0.25) is 5.91 Å². The molecule has 0 spiro atoms. The van der Waals surface area contributed by atoms with Gasteiger partial charge in [-0.1, -0.05) is 23.7 Å². The fraction of sp³-hybridized carbons (Fsp3) is 0.562. The number of rotatable bonds is 5. The fourth-order valence-corrected chi connectivity index (χ4v) is 2.97. The largest absolute Gasteiger partial charge is 0.352 e. The van der Waals surface area contributed by atoms with Crippen LogP contribution in [0.1, 0.15) is 44.1 Å². The van der Waals surface area contributed by atoms with Crippen LogP contribution in [-0.2, 0) is 4.79 Å². The summed E-state index contributed by atoms with van der Waals surface area (Å²) in [5, 5.41) is 7.26. The molecule has 2 aliphatic carbocycles. The van der Waals surface area contributed by atoms with Crippen LogP contribution in [0, 0.1) is 0 Å². The maximum absolute atomic E-state index is 11.9. The minimum atomic E-state index is -0.0964. The second-order valence-corrected chi connectivity index (χ2v) is 6.53. The molecule has 3 nitrogen and oxygen atoms in total. The highest BCUT2D eigenvalue weighted by atomic mass is 35.5. The van der Waals surface area contributed by atoms with Gasteiger partial charge in [0, 0.05) is 17.1 Å². The lowest BCUT2D eigenvalue weighted by Gasteiger charge is -2.38. The fourth-order valence-electron chi connectivity index (χ4n) is 2.77. The standard InChI is InChI=1S/C16H21ClN2O/c1-10(16(20)19-14-5-6-14)18-15-8-12(9-15)11-3-2-4-13(17)7-11/h2-4,7,10,12,14-15,18H,5-6,8-9H2,1H3,(H,19,20). The zero-order valence-corrected chi connectivity index (χ0v) is 12.5. The first-order chi connectivity index (χ1) is 9.61. The topological polar surface area (TPSA) is 41.1 Å². The van der Waals surface area contributed by atoms with E-state index in [2.05, 4.69) is 16.7 Å². The molecule has 1 atom stereocenters. The van der Waals surface area contributed by atoms with Crippen LogP contribution in [0.15, 0.2) is 24.3 Å². The second-order valence-electron chi connectivity index (χ2n) is 6.09. The van der Waals surface area contributed by atoms with Crippen molar-refractivity contribution in [3.63, 3.8) is 0 Å². The van der Waals surface area contributed by atoms with Gasteiger partial charge in [-0.25, -0.2) is 0 Å². The van der Waals surface area contributed by atoms with Crippen LogP contribution < -0.4 is 10.6 Å². The number of carbonyl (C=O) groups excluding carboxylic acids is 1. The Bertz CT molecular complexity index is 495. The summed E-state index contributed by atoms with van der Waals surface area (Å²) < 4.78 is 0. The number of halogens is 1. The minimum absolute atomic E-state index is 0.0964. The molecule has 2 saturated carbocycles. The third-order valence-corrected chi connectivity index (χ3v) is 4.50. The van der Waals surface area contributed by atoms with E-state index in [1.165, 1.54) is 5.56 Å². The van der Waals surface area contributed by atoms with Crippen LogP contribution in [0.4, 0.5) is 0 Å². The van der Waals surface area contributed by atoms with Gasteiger partial charge in [-0.05, 0) is 56.2 Å². The van der Waals surface area contributed by atoms with Crippen LogP contribution >= 0.6 is 11.6 Å². The average molecular weight is 293 g/mol. The molecule has 3 rings (SSSR count). The van der Waals surface area contributed by atoms with E-state index in [1.807, 2.05) is 25.1 Å². The van der Waals surface area contributed by atoms with Crippen molar-refractivity contribution in [2.24, 2.45) is 0 Å². The van der Waals surface area contributed by atoms with Gasteiger partial charge in [-0.3, -0.25) is 4.79 Å². The molecule has 1 unspecified atom stereocenters. The summed E-state index contributed by atoms with van der Waals surface area (Å²) in [6, 6.07) is 8.88. The predicted octanol–water partition coefficient (Wildman–Crippen LogP) is 2.84. The Hall–Kier alpha value is -1.06. The van der Waals surface area contributed by atoms with Gasteiger partial charge in [0.25, 0.3) is 0 Å². The molecule has 108 valence electrons. The summed E-state index contributed by atoms with van der Waals surface area (Å²) in [4.78, 5) is 11.9. The summed E-state index contributed by atoms with van der Waals surface area (Å²) in [5.74, 6) is 0.712. The number of benzene rings is 1. The summed E-state index contributed by atoms with van der Waals surface area (Å²) in [5.41, 5.74) is 1.31. The molecule has 2 fully saturated rings.